The second-order valence-electron chi connectivity index (χ2n) is 4.72. The minimum absolute atomic E-state index is 0.0335. The van der Waals surface area contributed by atoms with Gasteiger partial charge in [-0.05, 0) is 28.1 Å². The number of hydrogen-bond acceptors (Lipinski definition) is 6. The van der Waals surface area contributed by atoms with E-state index in [9.17, 15) is 14.9 Å². The largest absolute Gasteiger partial charge is 0.390 e. The van der Waals surface area contributed by atoms with Gasteiger partial charge in [0.1, 0.15) is 0 Å². The van der Waals surface area contributed by atoms with Gasteiger partial charge >= 0.3 is 5.82 Å². The molecule has 10 heteroatoms. The van der Waals surface area contributed by atoms with Crippen LogP contribution in [-0.4, -0.2) is 33.9 Å². The van der Waals surface area contributed by atoms with Crippen LogP contribution in [0.15, 0.2) is 24.4 Å². The second kappa shape index (κ2) is 7.89. The number of nitrogens with zero attached hydrogens (tertiary/aromatic N) is 3. The molecule has 126 valence electrons. The average molecular weight is 370 g/mol. The first-order valence-electron chi connectivity index (χ1n) is 6.83. The fourth-order valence-corrected chi connectivity index (χ4v) is 2.39. The van der Waals surface area contributed by atoms with Crippen LogP contribution in [0.3, 0.4) is 0 Å². The maximum atomic E-state index is 11.2. The molecule has 24 heavy (non-hydrogen) atoms. The molecule has 8 nitrogen and oxygen atoms in total. The number of hydrogen-bond donors (Lipinski definition) is 2. The van der Waals surface area contributed by atoms with Crippen LogP contribution in [0, 0.1) is 10.1 Å². The number of carbonyl (C=O) groups excluding carboxylic acids is 1. The minimum atomic E-state index is -0.631. The molecular formula is C14H13Cl2N5O3. The Bertz CT molecular complexity index is 785. The molecule has 0 aliphatic heterocycles. The average Bonchev–Trinajstić information content (AvgIpc) is 2.51. The van der Waals surface area contributed by atoms with Gasteiger partial charge in [-0.1, -0.05) is 23.2 Å². The number of benzene rings is 1. The van der Waals surface area contributed by atoms with Crippen molar-refractivity contribution in [2.24, 2.45) is 0 Å². The van der Waals surface area contributed by atoms with E-state index < -0.39 is 10.7 Å². The molecule has 0 aliphatic carbocycles. The Labute approximate surface area is 147 Å². The van der Waals surface area contributed by atoms with E-state index in [1.807, 2.05) is 0 Å². The summed E-state index contributed by atoms with van der Waals surface area (Å²) in [5.74, 6) is -0.237. The van der Waals surface area contributed by atoms with Crippen molar-refractivity contribution in [2.75, 3.05) is 18.4 Å². The van der Waals surface area contributed by atoms with Crippen LogP contribution in [0.4, 0.5) is 11.6 Å². The number of carbonyl (C=O) groups is 1. The zero-order valence-corrected chi connectivity index (χ0v) is 14.1. The molecule has 1 aromatic carbocycles. The highest BCUT2D eigenvalue weighted by atomic mass is 35.5. The Morgan fingerprint density at radius 3 is 2.71 bits per heavy atom. The van der Waals surface area contributed by atoms with E-state index in [1.54, 1.807) is 12.1 Å². The molecule has 2 aromatic rings. The Morgan fingerprint density at radius 2 is 2.08 bits per heavy atom. The predicted molar refractivity (Wildman–Crippen MR) is 91.3 cm³/mol. The monoisotopic (exact) mass is 369 g/mol. The van der Waals surface area contributed by atoms with Crippen molar-refractivity contribution in [2.45, 2.75) is 6.92 Å². The third-order valence-corrected chi connectivity index (χ3v) is 3.47. The van der Waals surface area contributed by atoms with Gasteiger partial charge in [-0.3, -0.25) is 4.79 Å². The van der Waals surface area contributed by atoms with Crippen LogP contribution < -0.4 is 10.6 Å². The van der Waals surface area contributed by atoms with Crippen LogP contribution in [0.1, 0.15) is 6.92 Å². The van der Waals surface area contributed by atoms with Crippen molar-refractivity contribution in [1.82, 2.24) is 15.3 Å². The molecule has 1 heterocycles. The first-order chi connectivity index (χ1) is 11.4. The lowest BCUT2D eigenvalue weighted by atomic mass is 10.1. The fraction of sp³-hybridized carbons (Fsp3) is 0.214. The molecule has 0 atom stereocenters. The van der Waals surface area contributed by atoms with Gasteiger partial charge < -0.3 is 20.7 Å². The zero-order chi connectivity index (χ0) is 17.7. The van der Waals surface area contributed by atoms with E-state index in [-0.39, 0.29) is 16.6 Å². The lowest BCUT2D eigenvalue weighted by Crippen LogP contribution is -2.26. The normalized spacial score (nSPS) is 10.3. The van der Waals surface area contributed by atoms with Gasteiger partial charge in [0.05, 0.1) is 5.02 Å². The molecule has 1 aromatic heterocycles. The van der Waals surface area contributed by atoms with Gasteiger partial charge in [0.15, 0.2) is 17.7 Å². The van der Waals surface area contributed by atoms with Gasteiger partial charge in [-0.2, -0.15) is 0 Å². The van der Waals surface area contributed by atoms with Crippen LogP contribution in [0.2, 0.25) is 10.0 Å². The molecule has 0 fully saturated rings. The summed E-state index contributed by atoms with van der Waals surface area (Å²) in [6.45, 7) is 2.18. The fourth-order valence-electron chi connectivity index (χ4n) is 1.89. The molecule has 0 saturated heterocycles. The summed E-state index contributed by atoms with van der Waals surface area (Å²) >= 11 is 12.0. The summed E-state index contributed by atoms with van der Waals surface area (Å²) in [4.78, 5) is 29.4. The molecule has 0 saturated carbocycles. The van der Waals surface area contributed by atoms with E-state index in [4.69, 9.17) is 23.2 Å². The van der Waals surface area contributed by atoms with Crippen LogP contribution >= 0.6 is 23.2 Å². The van der Waals surface area contributed by atoms with E-state index in [0.717, 1.165) is 0 Å². The second-order valence-corrected chi connectivity index (χ2v) is 5.56. The number of rotatable bonds is 6. The molecule has 2 rings (SSSR count). The number of nitro groups is 1. The molecule has 0 bridgehead atoms. The summed E-state index contributed by atoms with van der Waals surface area (Å²) in [7, 11) is 0. The summed E-state index contributed by atoms with van der Waals surface area (Å²) in [5, 5.41) is 17.4. The molecule has 0 unspecified atom stereocenters. The number of anilines is 1. The standard InChI is InChI=1S/C14H13Cl2N5O3/c1-8(22)17-4-5-18-12-7-19-14(21(23)24)13(20-12)10-3-2-9(15)6-11(10)16/h2-3,6-7H,4-5H2,1H3,(H,17,22)(H,18,20). The van der Waals surface area contributed by atoms with E-state index in [0.29, 0.717) is 29.5 Å². The van der Waals surface area contributed by atoms with Gasteiger partial charge in [0.25, 0.3) is 0 Å². The van der Waals surface area contributed by atoms with Crippen molar-refractivity contribution in [3.8, 4) is 11.3 Å². The van der Waals surface area contributed by atoms with Gasteiger partial charge in [0, 0.05) is 30.6 Å². The Hall–Kier alpha value is -2.45. The quantitative estimate of drug-likeness (QED) is 0.460. The SMILES string of the molecule is CC(=O)NCCNc1cnc([N+](=O)[O-])c(-c2ccc(Cl)cc2Cl)n1. The van der Waals surface area contributed by atoms with Crippen LogP contribution in [0.5, 0.6) is 0 Å². The summed E-state index contributed by atoms with van der Waals surface area (Å²) < 4.78 is 0. The highest BCUT2D eigenvalue weighted by Gasteiger charge is 2.22. The Kier molecular flexibility index (Phi) is 5.88. The third kappa shape index (κ3) is 4.53. The molecule has 2 N–H and O–H groups in total. The van der Waals surface area contributed by atoms with Gasteiger partial charge in [0.2, 0.25) is 5.91 Å². The van der Waals surface area contributed by atoms with Crippen LogP contribution in [-0.2, 0) is 4.79 Å². The Morgan fingerprint density at radius 1 is 1.33 bits per heavy atom. The van der Waals surface area contributed by atoms with Crippen molar-refractivity contribution in [3.63, 3.8) is 0 Å². The van der Waals surface area contributed by atoms with E-state index in [2.05, 4.69) is 20.6 Å². The van der Waals surface area contributed by atoms with Gasteiger partial charge in [-0.15, -0.1) is 0 Å². The number of amides is 1. The lowest BCUT2D eigenvalue weighted by molar-refractivity contribution is -0.389. The Balaban J connectivity index is 2.31. The summed E-state index contributed by atoms with van der Waals surface area (Å²) in [6.07, 6.45) is 1.25. The first kappa shape index (κ1) is 17.9. The number of halogens is 2. The van der Waals surface area contributed by atoms with Crippen molar-refractivity contribution >= 4 is 40.7 Å². The van der Waals surface area contributed by atoms with Gasteiger partial charge in [-0.25, -0.2) is 4.98 Å². The van der Waals surface area contributed by atoms with E-state index in [1.165, 1.54) is 19.2 Å². The molecule has 0 spiro atoms. The number of aromatic nitrogens is 2. The first-order valence-corrected chi connectivity index (χ1v) is 7.59. The molecular weight excluding hydrogens is 357 g/mol. The topological polar surface area (TPSA) is 110 Å². The summed E-state index contributed by atoms with van der Waals surface area (Å²) in [5.41, 5.74) is 0.386. The maximum Gasteiger partial charge on any atom is 0.390 e. The van der Waals surface area contributed by atoms with Crippen LogP contribution in [0.25, 0.3) is 11.3 Å². The molecule has 0 aliphatic rings. The van der Waals surface area contributed by atoms with E-state index >= 15 is 0 Å². The third-order valence-electron chi connectivity index (χ3n) is 2.92. The smallest absolute Gasteiger partial charge is 0.365 e. The highest BCUT2D eigenvalue weighted by Crippen LogP contribution is 2.34. The van der Waals surface area contributed by atoms with Crippen molar-refractivity contribution in [1.29, 1.82) is 0 Å². The van der Waals surface area contributed by atoms with Crippen molar-refractivity contribution < 1.29 is 9.72 Å². The number of nitrogens with one attached hydrogen (secondary N) is 2. The maximum absolute atomic E-state index is 11.2. The minimum Gasteiger partial charge on any atom is -0.365 e. The van der Waals surface area contributed by atoms with Crippen molar-refractivity contribution in [3.05, 3.63) is 44.6 Å². The molecule has 1 amide bonds. The predicted octanol–water partition coefficient (Wildman–Crippen LogP) is 2.91. The summed E-state index contributed by atoms with van der Waals surface area (Å²) in [6, 6.07) is 4.58. The molecule has 0 radical (unpaired) electrons. The highest BCUT2D eigenvalue weighted by molar-refractivity contribution is 6.36. The lowest BCUT2D eigenvalue weighted by Gasteiger charge is -2.08. The zero-order valence-electron chi connectivity index (χ0n) is 12.5.